The monoisotopic (exact) mass is 256 g/mol. The van der Waals surface area contributed by atoms with Crippen molar-refractivity contribution in [2.75, 3.05) is 13.2 Å². The molecule has 1 unspecified atom stereocenters. The first-order chi connectivity index (χ1) is 7.97. The maximum atomic E-state index is 11.5. The molecule has 0 aliphatic heterocycles. The second-order valence-electron chi connectivity index (χ2n) is 4.50. The number of aromatic nitrogens is 1. The van der Waals surface area contributed by atoms with E-state index in [1.54, 1.807) is 17.5 Å². The fourth-order valence-corrected chi connectivity index (χ4v) is 2.12. The quantitative estimate of drug-likeness (QED) is 0.793. The number of carbonyl (C=O) groups excluding carboxylic acids is 1. The lowest BCUT2D eigenvalue weighted by atomic mass is 10.1. The average molecular weight is 256 g/mol. The van der Waals surface area contributed by atoms with Crippen LogP contribution in [0.5, 0.6) is 0 Å². The van der Waals surface area contributed by atoms with Gasteiger partial charge in [0, 0.05) is 18.1 Å². The lowest BCUT2D eigenvalue weighted by Gasteiger charge is -2.25. The van der Waals surface area contributed by atoms with Crippen molar-refractivity contribution in [2.24, 2.45) is 5.92 Å². The third kappa shape index (κ3) is 4.09. The molecule has 0 radical (unpaired) electrons. The van der Waals surface area contributed by atoms with Crippen LogP contribution in [0.25, 0.3) is 0 Å². The van der Waals surface area contributed by atoms with E-state index >= 15 is 0 Å². The molecule has 1 aromatic rings. The maximum Gasteiger partial charge on any atom is 0.309 e. The van der Waals surface area contributed by atoms with E-state index in [0.717, 1.165) is 5.01 Å². The summed E-state index contributed by atoms with van der Waals surface area (Å²) in [5.41, 5.74) is -0.213. The maximum absolute atomic E-state index is 11.5. The highest BCUT2D eigenvalue weighted by atomic mass is 32.1. The van der Waals surface area contributed by atoms with Crippen molar-refractivity contribution in [3.63, 3.8) is 0 Å². The van der Waals surface area contributed by atoms with Gasteiger partial charge in [0.05, 0.1) is 18.1 Å². The van der Waals surface area contributed by atoms with Crippen molar-refractivity contribution in [1.29, 1.82) is 0 Å². The van der Waals surface area contributed by atoms with Crippen LogP contribution >= 0.6 is 11.3 Å². The number of nitrogens with zero attached hydrogens (tertiary/aromatic N) is 1. The standard InChI is InChI=1S/C12H20N2O2S/c1-5-16-10(15)9(2)8-14-12(3,4)11-13-6-7-17-11/h6-7,9,14H,5,8H2,1-4H3. The summed E-state index contributed by atoms with van der Waals surface area (Å²) in [5.74, 6) is -0.302. The molecule has 17 heavy (non-hydrogen) atoms. The molecule has 0 fully saturated rings. The van der Waals surface area contributed by atoms with Gasteiger partial charge in [-0.15, -0.1) is 11.3 Å². The Morgan fingerprint density at radius 3 is 2.88 bits per heavy atom. The van der Waals surface area contributed by atoms with Gasteiger partial charge in [-0.3, -0.25) is 4.79 Å². The molecular formula is C12H20N2O2S. The summed E-state index contributed by atoms with van der Waals surface area (Å²) in [5, 5.41) is 6.32. The molecule has 0 bridgehead atoms. The Morgan fingerprint density at radius 2 is 2.35 bits per heavy atom. The van der Waals surface area contributed by atoms with Gasteiger partial charge in [-0.05, 0) is 20.8 Å². The summed E-state index contributed by atoms with van der Waals surface area (Å²) in [7, 11) is 0. The number of thiazole rings is 1. The lowest BCUT2D eigenvalue weighted by Crippen LogP contribution is -2.40. The van der Waals surface area contributed by atoms with E-state index in [1.807, 2.05) is 19.2 Å². The van der Waals surface area contributed by atoms with Crippen molar-refractivity contribution in [1.82, 2.24) is 10.3 Å². The Hall–Kier alpha value is -0.940. The molecule has 1 heterocycles. The number of esters is 1. The van der Waals surface area contributed by atoms with Crippen LogP contribution in [-0.2, 0) is 15.1 Å². The highest BCUT2D eigenvalue weighted by molar-refractivity contribution is 7.09. The highest BCUT2D eigenvalue weighted by Crippen LogP contribution is 2.22. The van der Waals surface area contributed by atoms with Gasteiger partial charge in [0.1, 0.15) is 5.01 Å². The van der Waals surface area contributed by atoms with Crippen LogP contribution in [0.1, 0.15) is 32.7 Å². The molecule has 0 aliphatic carbocycles. The highest BCUT2D eigenvalue weighted by Gasteiger charge is 2.24. The Balaban J connectivity index is 2.47. The molecule has 0 aliphatic rings. The second-order valence-corrected chi connectivity index (χ2v) is 5.39. The molecular weight excluding hydrogens is 236 g/mol. The molecule has 5 heteroatoms. The second kappa shape index (κ2) is 6.12. The largest absolute Gasteiger partial charge is 0.466 e. The van der Waals surface area contributed by atoms with E-state index in [2.05, 4.69) is 24.1 Å². The summed E-state index contributed by atoms with van der Waals surface area (Å²) in [6.07, 6.45) is 1.79. The fraction of sp³-hybridized carbons (Fsp3) is 0.667. The predicted molar refractivity (Wildman–Crippen MR) is 68.9 cm³/mol. The topological polar surface area (TPSA) is 51.2 Å². The first-order valence-corrected chi connectivity index (χ1v) is 6.67. The van der Waals surface area contributed by atoms with Crippen molar-refractivity contribution in [3.05, 3.63) is 16.6 Å². The fourth-order valence-electron chi connectivity index (χ4n) is 1.38. The molecule has 1 aromatic heterocycles. The van der Waals surface area contributed by atoms with Crippen LogP contribution < -0.4 is 5.32 Å². The minimum absolute atomic E-state index is 0.144. The first kappa shape index (κ1) is 14.1. The third-order valence-corrected chi connectivity index (χ3v) is 3.60. The number of hydrogen-bond donors (Lipinski definition) is 1. The summed E-state index contributed by atoms with van der Waals surface area (Å²) >= 11 is 1.61. The Labute approximate surface area is 106 Å². The molecule has 1 N–H and O–H groups in total. The van der Waals surface area contributed by atoms with Crippen LogP contribution in [0.3, 0.4) is 0 Å². The van der Waals surface area contributed by atoms with Crippen LogP contribution in [0.15, 0.2) is 11.6 Å². The number of hydrogen-bond acceptors (Lipinski definition) is 5. The van der Waals surface area contributed by atoms with Gasteiger partial charge in [0.15, 0.2) is 0 Å². The van der Waals surface area contributed by atoms with Crippen molar-refractivity contribution in [2.45, 2.75) is 33.2 Å². The van der Waals surface area contributed by atoms with Crippen LogP contribution in [0, 0.1) is 5.92 Å². The van der Waals surface area contributed by atoms with Crippen LogP contribution in [0.2, 0.25) is 0 Å². The van der Waals surface area contributed by atoms with Gasteiger partial charge in [-0.25, -0.2) is 4.98 Å². The van der Waals surface area contributed by atoms with Gasteiger partial charge in [-0.2, -0.15) is 0 Å². The summed E-state index contributed by atoms with van der Waals surface area (Å²) < 4.78 is 4.97. The number of nitrogens with one attached hydrogen (secondary N) is 1. The molecule has 4 nitrogen and oxygen atoms in total. The normalized spacial score (nSPS) is 13.4. The first-order valence-electron chi connectivity index (χ1n) is 5.79. The summed E-state index contributed by atoms with van der Waals surface area (Å²) in [4.78, 5) is 15.8. The zero-order valence-electron chi connectivity index (χ0n) is 10.8. The smallest absolute Gasteiger partial charge is 0.309 e. The van der Waals surface area contributed by atoms with E-state index in [0.29, 0.717) is 13.2 Å². The van der Waals surface area contributed by atoms with Crippen LogP contribution in [-0.4, -0.2) is 24.1 Å². The molecule has 1 rings (SSSR count). The lowest BCUT2D eigenvalue weighted by molar-refractivity contribution is -0.147. The Bertz CT molecular complexity index is 349. The third-order valence-electron chi connectivity index (χ3n) is 2.51. The number of carbonyl (C=O) groups is 1. The van der Waals surface area contributed by atoms with Gasteiger partial charge < -0.3 is 10.1 Å². The summed E-state index contributed by atoms with van der Waals surface area (Å²) in [6.45, 7) is 8.82. The molecule has 1 atom stereocenters. The average Bonchev–Trinajstić information content (AvgIpc) is 2.80. The molecule has 0 saturated carbocycles. The molecule has 0 aromatic carbocycles. The van der Waals surface area contributed by atoms with Gasteiger partial charge >= 0.3 is 5.97 Å². The predicted octanol–water partition coefficient (Wildman–Crippen LogP) is 2.17. The minimum atomic E-state index is -0.213. The SMILES string of the molecule is CCOC(=O)C(C)CNC(C)(C)c1nccs1. The summed E-state index contributed by atoms with van der Waals surface area (Å²) in [6, 6.07) is 0. The van der Waals surface area contributed by atoms with E-state index in [9.17, 15) is 4.79 Å². The van der Waals surface area contributed by atoms with Crippen molar-refractivity contribution in [3.8, 4) is 0 Å². The minimum Gasteiger partial charge on any atom is -0.466 e. The van der Waals surface area contributed by atoms with Crippen molar-refractivity contribution < 1.29 is 9.53 Å². The molecule has 0 saturated heterocycles. The van der Waals surface area contributed by atoms with E-state index in [4.69, 9.17) is 4.74 Å². The van der Waals surface area contributed by atoms with Crippen LogP contribution in [0.4, 0.5) is 0 Å². The molecule has 0 amide bonds. The molecule has 96 valence electrons. The Morgan fingerprint density at radius 1 is 1.65 bits per heavy atom. The zero-order chi connectivity index (χ0) is 12.9. The van der Waals surface area contributed by atoms with E-state index < -0.39 is 0 Å². The Kier molecular flexibility index (Phi) is 5.08. The number of rotatable bonds is 6. The van der Waals surface area contributed by atoms with Crippen molar-refractivity contribution >= 4 is 17.3 Å². The van der Waals surface area contributed by atoms with Gasteiger partial charge in [0.2, 0.25) is 0 Å². The zero-order valence-corrected chi connectivity index (χ0v) is 11.6. The van der Waals surface area contributed by atoms with E-state index in [-0.39, 0.29) is 17.4 Å². The van der Waals surface area contributed by atoms with Gasteiger partial charge in [-0.1, -0.05) is 6.92 Å². The van der Waals surface area contributed by atoms with Gasteiger partial charge in [0.25, 0.3) is 0 Å². The number of ether oxygens (including phenoxy) is 1. The molecule has 0 spiro atoms. The van der Waals surface area contributed by atoms with E-state index in [1.165, 1.54) is 0 Å².